The lowest BCUT2D eigenvalue weighted by Crippen LogP contribution is -2.23. The molecule has 1 aromatic heterocycles. The van der Waals surface area contributed by atoms with Gasteiger partial charge >= 0.3 is 0 Å². The standard InChI is InChI=1S/C15H16N2O2S2/c1-3-20-15-16-12-7-8-21-13(12)14(18)17(15)10-5-4-6-11(9-10)19-2/h4-6,9H,3,7-8H2,1-2H3. The molecule has 1 aromatic carbocycles. The van der Waals surface area contributed by atoms with Gasteiger partial charge in [0.15, 0.2) is 5.16 Å². The van der Waals surface area contributed by atoms with Crippen molar-refractivity contribution in [2.75, 3.05) is 18.6 Å². The van der Waals surface area contributed by atoms with E-state index in [0.717, 1.165) is 45.1 Å². The predicted octanol–water partition coefficient (Wildman–Crippen LogP) is 3.00. The first-order valence-corrected chi connectivity index (χ1v) is 8.77. The zero-order valence-electron chi connectivity index (χ0n) is 12.0. The van der Waals surface area contributed by atoms with Crippen LogP contribution in [0.15, 0.2) is 39.1 Å². The van der Waals surface area contributed by atoms with Crippen LogP contribution in [0.4, 0.5) is 0 Å². The number of nitrogens with zero attached hydrogens (tertiary/aromatic N) is 2. The number of rotatable bonds is 4. The Bertz CT molecular complexity index is 728. The lowest BCUT2D eigenvalue weighted by atomic mass is 10.3. The van der Waals surface area contributed by atoms with Crippen LogP contribution in [0.25, 0.3) is 5.69 Å². The van der Waals surface area contributed by atoms with E-state index in [9.17, 15) is 4.79 Å². The highest BCUT2D eigenvalue weighted by Gasteiger charge is 2.22. The monoisotopic (exact) mass is 320 g/mol. The van der Waals surface area contributed by atoms with Gasteiger partial charge in [0.25, 0.3) is 5.56 Å². The molecule has 0 radical (unpaired) electrons. The fourth-order valence-electron chi connectivity index (χ4n) is 2.30. The molecule has 0 N–H and O–H groups in total. The summed E-state index contributed by atoms with van der Waals surface area (Å²) < 4.78 is 6.96. The first kappa shape index (κ1) is 14.5. The summed E-state index contributed by atoms with van der Waals surface area (Å²) in [4.78, 5) is 18.3. The molecule has 3 rings (SSSR count). The van der Waals surface area contributed by atoms with Crippen molar-refractivity contribution in [2.24, 2.45) is 0 Å². The lowest BCUT2D eigenvalue weighted by Gasteiger charge is -2.13. The van der Waals surface area contributed by atoms with Gasteiger partial charge in [0.2, 0.25) is 0 Å². The van der Waals surface area contributed by atoms with Crippen LogP contribution in [0.2, 0.25) is 0 Å². The van der Waals surface area contributed by atoms with Crippen molar-refractivity contribution < 1.29 is 4.74 Å². The molecule has 0 spiro atoms. The number of hydrogen-bond donors (Lipinski definition) is 0. The maximum atomic E-state index is 12.8. The lowest BCUT2D eigenvalue weighted by molar-refractivity contribution is 0.414. The first-order valence-electron chi connectivity index (χ1n) is 6.80. The van der Waals surface area contributed by atoms with E-state index in [0.29, 0.717) is 0 Å². The Morgan fingerprint density at radius 2 is 2.33 bits per heavy atom. The number of hydrogen-bond acceptors (Lipinski definition) is 5. The maximum Gasteiger partial charge on any atom is 0.272 e. The van der Waals surface area contributed by atoms with Crippen LogP contribution in [0.5, 0.6) is 5.75 Å². The molecular weight excluding hydrogens is 304 g/mol. The first-order chi connectivity index (χ1) is 10.2. The zero-order valence-corrected chi connectivity index (χ0v) is 13.6. The van der Waals surface area contributed by atoms with E-state index in [4.69, 9.17) is 9.72 Å². The van der Waals surface area contributed by atoms with Gasteiger partial charge < -0.3 is 4.74 Å². The molecule has 0 atom stereocenters. The number of aryl methyl sites for hydroxylation is 1. The fourth-order valence-corrected chi connectivity index (χ4v) is 4.07. The second kappa shape index (κ2) is 6.15. The minimum atomic E-state index is 0.0340. The summed E-state index contributed by atoms with van der Waals surface area (Å²) in [5.74, 6) is 2.55. The van der Waals surface area contributed by atoms with Gasteiger partial charge in [-0.2, -0.15) is 0 Å². The van der Waals surface area contributed by atoms with E-state index in [1.165, 1.54) is 0 Å². The van der Waals surface area contributed by atoms with Crippen LogP contribution in [0, 0.1) is 0 Å². The molecule has 0 unspecified atom stereocenters. The molecule has 0 saturated carbocycles. The number of benzene rings is 1. The Morgan fingerprint density at radius 3 is 3.10 bits per heavy atom. The van der Waals surface area contributed by atoms with Crippen LogP contribution >= 0.6 is 23.5 Å². The Hall–Kier alpha value is -1.40. The Balaban J connectivity index is 2.22. The third-order valence-electron chi connectivity index (χ3n) is 3.25. The van der Waals surface area contributed by atoms with Crippen LogP contribution < -0.4 is 10.3 Å². The van der Waals surface area contributed by atoms with E-state index in [2.05, 4.69) is 6.92 Å². The zero-order chi connectivity index (χ0) is 14.8. The van der Waals surface area contributed by atoms with Crippen molar-refractivity contribution in [3.8, 4) is 11.4 Å². The highest BCUT2D eigenvalue weighted by atomic mass is 32.2. The van der Waals surface area contributed by atoms with E-state index in [1.807, 2.05) is 24.3 Å². The molecule has 2 aromatic rings. The number of thioether (sulfide) groups is 2. The highest BCUT2D eigenvalue weighted by Crippen LogP contribution is 2.30. The molecule has 4 nitrogen and oxygen atoms in total. The van der Waals surface area contributed by atoms with Crippen LogP contribution in [0.3, 0.4) is 0 Å². The van der Waals surface area contributed by atoms with Gasteiger partial charge in [0.1, 0.15) is 5.75 Å². The minimum absolute atomic E-state index is 0.0340. The summed E-state index contributed by atoms with van der Waals surface area (Å²) in [6.45, 7) is 2.06. The Kier molecular flexibility index (Phi) is 4.26. The van der Waals surface area contributed by atoms with E-state index in [1.54, 1.807) is 35.2 Å². The summed E-state index contributed by atoms with van der Waals surface area (Å²) in [6.07, 6.45) is 0.880. The second-order valence-electron chi connectivity index (χ2n) is 4.54. The molecular formula is C15H16N2O2S2. The molecule has 0 aliphatic carbocycles. The van der Waals surface area contributed by atoms with Crippen LogP contribution in [-0.4, -0.2) is 28.2 Å². The number of aromatic nitrogens is 2. The van der Waals surface area contributed by atoms with Crippen molar-refractivity contribution in [1.82, 2.24) is 9.55 Å². The highest BCUT2D eigenvalue weighted by molar-refractivity contribution is 7.99. The van der Waals surface area contributed by atoms with Crippen LogP contribution in [0.1, 0.15) is 12.6 Å². The van der Waals surface area contributed by atoms with E-state index < -0.39 is 0 Å². The Labute approximate surface area is 131 Å². The van der Waals surface area contributed by atoms with Gasteiger partial charge in [-0.3, -0.25) is 9.36 Å². The van der Waals surface area contributed by atoms with Crippen molar-refractivity contribution >= 4 is 23.5 Å². The van der Waals surface area contributed by atoms with E-state index in [-0.39, 0.29) is 5.56 Å². The molecule has 0 saturated heterocycles. The molecule has 6 heteroatoms. The number of ether oxygens (including phenoxy) is 1. The van der Waals surface area contributed by atoms with Crippen molar-refractivity contribution in [3.63, 3.8) is 0 Å². The summed E-state index contributed by atoms with van der Waals surface area (Å²) >= 11 is 3.20. The molecule has 2 heterocycles. The van der Waals surface area contributed by atoms with Crippen molar-refractivity contribution in [3.05, 3.63) is 40.3 Å². The largest absolute Gasteiger partial charge is 0.497 e. The molecule has 0 fully saturated rings. The average Bonchev–Trinajstić information content (AvgIpc) is 2.96. The molecule has 1 aliphatic rings. The van der Waals surface area contributed by atoms with E-state index >= 15 is 0 Å². The summed E-state index contributed by atoms with van der Waals surface area (Å²) in [7, 11) is 1.63. The van der Waals surface area contributed by atoms with Gasteiger partial charge in [0, 0.05) is 18.2 Å². The van der Waals surface area contributed by atoms with Crippen LogP contribution in [-0.2, 0) is 6.42 Å². The topological polar surface area (TPSA) is 44.1 Å². The third-order valence-corrected chi connectivity index (χ3v) is 5.18. The third kappa shape index (κ3) is 2.70. The second-order valence-corrected chi connectivity index (χ2v) is 6.88. The molecule has 0 bridgehead atoms. The quantitative estimate of drug-likeness (QED) is 0.640. The summed E-state index contributed by atoms with van der Waals surface area (Å²) in [6, 6.07) is 7.55. The molecule has 21 heavy (non-hydrogen) atoms. The normalized spacial score (nSPS) is 13.2. The summed E-state index contributed by atoms with van der Waals surface area (Å²) in [5.41, 5.74) is 1.78. The minimum Gasteiger partial charge on any atom is -0.497 e. The van der Waals surface area contributed by atoms with Gasteiger partial charge in [-0.25, -0.2) is 4.98 Å². The number of methoxy groups -OCH3 is 1. The molecule has 1 aliphatic heterocycles. The van der Waals surface area contributed by atoms with Gasteiger partial charge in [-0.05, 0) is 17.9 Å². The maximum absolute atomic E-state index is 12.8. The smallest absolute Gasteiger partial charge is 0.272 e. The van der Waals surface area contributed by atoms with Gasteiger partial charge in [0.05, 0.1) is 23.4 Å². The Morgan fingerprint density at radius 1 is 1.48 bits per heavy atom. The van der Waals surface area contributed by atoms with Crippen molar-refractivity contribution in [2.45, 2.75) is 23.4 Å². The average molecular weight is 320 g/mol. The van der Waals surface area contributed by atoms with Gasteiger partial charge in [-0.1, -0.05) is 24.8 Å². The molecule has 110 valence electrons. The molecule has 0 amide bonds. The SMILES string of the molecule is CCSc1nc2c(c(=O)n1-c1cccc(OC)c1)SCC2. The predicted molar refractivity (Wildman–Crippen MR) is 87.2 cm³/mol. The van der Waals surface area contributed by atoms with Crippen molar-refractivity contribution in [1.29, 1.82) is 0 Å². The fraction of sp³-hybridized carbons (Fsp3) is 0.333. The van der Waals surface area contributed by atoms with Gasteiger partial charge in [-0.15, -0.1) is 11.8 Å². The number of fused-ring (bicyclic) bond motifs is 1. The summed E-state index contributed by atoms with van der Waals surface area (Å²) in [5, 5.41) is 0.761.